The number of halogens is 2. The second-order valence-electron chi connectivity index (χ2n) is 14.5. The summed E-state index contributed by atoms with van der Waals surface area (Å²) in [6, 6.07) is 14.3. The summed E-state index contributed by atoms with van der Waals surface area (Å²) in [5, 5.41) is 0. The van der Waals surface area contributed by atoms with Gasteiger partial charge in [0.25, 0.3) is 0 Å². The molecule has 0 radical (unpaired) electrons. The molecule has 2 aromatic rings. The molecule has 0 aliphatic heterocycles. The Morgan fingerprint density at radius 1 is 0.556 bits per heavy atom. The first-order valence-electron chi connectivity index (χ1n) is 13.1. The molecule has 0 amide bonds. The predicted octanol–water partition coefficient (Wildman–Crippen LogP) is 10.5. The van der Waals surface area contributed by atoms with Gasteiger partial charge in [-0.25, -0.2) is 0 Å². The van der Waals surface area contributed by atoms with Crippen molar-refractivity contribution in [2.45, 2.75) is 111 Å². The fourth-order valence-corrected chi connectivity index (χ4v) is 9.60. The third-order valence-corrected chi connectivity index (χ3v) is 12.2. The number of benzene rings is 2. The molecule has 0 fully saturated rings. The van der Waals surface area contributed by atoms with E-state index >= 15 is 0 Å². The SMILES string of the molecule is CC(C)(C)c1cc(C2=[C]([Sb]([Cl])[Cl])C(c3cc(C(C)(C)C)cc(C(C)(C)C)c3)C=C2)cc(C(C)(C)C)c1. The van der Waals surface area contributed by atoms with E-state index in [1.165, 1.54) is 42.5 Å². The van der Waals surface area contributed by atoms with Gasteiger partial charge in [0.15, 0.2) is 0 Å². The average Bonchev–Trinajstić information content (AvgIpc) is 3.16. The minimum absolute atomic E-state index is 0.0590. The standard InChI is InChI=1S/C33H45.2ClH.Sb/c1-30(2,3)26-16-24(17-27(20-26)31(4,5)6)22-13-14-23(15-22)25-18-28(32(7,8)9)21-29(19-25)33(10,11)12;;;/h13-14,16-22H,1-12H3;2*1H;/q;;;+2/p-2. The normalized spacial score (nSPS) is 17.5. The Morgan fingerprint density at radius 3 is 1.25 bits per heavy atom. The van der Waals surface area contributed by atoms with E-state index in [0.29, 0.717) is 0 Å². The Morgan fingerprint density at radius 2 is 0.917 bits per heavy atom. The molecule has 36 heavy (non-hydrogen) atoms. The fourth-order valence-electron chi connectivity index (χ4n) is 4.59. The van der Waals surface area contributed by atoms with Crippen LogP contribution in [0.3, 0.4) is 0 Å². The van der Waals surface area contributed by atoms with E-state index in [2.05, 4.69) is 132 Å². The quantitative estimate of drug-likeness (QED) is 0.295. The molecule has 2 aromatic carbocycles. The predicted molar refractivity (Wildman–Crippen MR) is 164 cm³/mol. The first kappa shape index (κ1) is 29.9. The van der Waals surface area contributed by atoms with Crippen LogP contribution in [0.25, 0.3) is 5.57 Å². The number of allylic oxidation sites excluding steroid dienone is 4. The molecule has 1 unspecified atom stereocenters. The van der Waals surface area contributed by atoms with Gasteiger partial charge in [-0.1, -0.05) is 0 Å². The molecule has 3 heteroatoms. The summed E-state index contributed by atoms with van der Waals surface area (Å²) in [6.45, 7) is 27.5. The van der Waals surface area contributed by atoms with Gasteiger partial charge in [0.05, 0.1) is 0 Å². The van der Waals surface area contributed by atoms with Gasteiger partial charge >= 0.3 is 237 Å². The van der Waals surface area contributed by atoms with E-state index in [1.54, 1.807) is 0 Å². The van der Waals surface area contributed by atoms with E-state index < -0.39 is 17.9 Å². The third-order valence-electron chi connectivity index (χ3n) is 7.23. The van der Waals surface area contributed by atoms with Crippen LogP contribution in [-0.4, -0.2) is 17.9 Å². The van der Waals surface area contributed by atoms with Gasteiger partial charge in [0.2, 0.25) is 0 Å². The fraction of sp³-hybridized carbons (Fsp3) is 0.515. The Labute approximate surface area is 235 Å². The van der Waals surface area contributed by atoms with Gasteiger partial charge in [0.1, 0.15) is 0 Å². The summed E-state index contributed by atoms with van der Waals surface area (Å²) in [7, 11) is 13.9. The first-order chi connectivity index (χ1) is 16.2. The van der Waals surface area contributed by atoms with Crippen molar-refractivity contribution in [3.8, 4) is 0 Å². The van der Waals surface area contributed by atoms with Gasteiger partial charge in [0, 0.05) is 0 Å². The van der Waals surface area contributed by atoms with Crippen molar-refractivity contribution in [2.75, 3.05) is 0 Å². The Bertz CT molecular complexity index is 1120. The molecular weight excluding hydrogens is 589 g/mol. The Hall–Kier alpha value is -0.682. The third kappa shape index (κ3) is 6.65. The summed E-state index contributed by atoms with van der Waals surface area (Å²) in [4.78, 5) is 0. The molecule has 3 rings (SSSR count). The van der Waals surface area contributed by atoms with E-state index in [0.717, 1.165) is 0 Å². The monoisotopic (exact) mass is 632 g/mol. The van der Waals surface area contributed by atoms with Crippen molar-refractivity contribution in [2.24, 2.45) is 0 Å². The molecule has 0 bridgehead atoms. The molecule has 0 saturated carbocycles. The summed E-state index contributed by atoms with van der Waals surface area (Å²) < 4.78 is 1.26. The summed E-state index contributed by atoms with van der Waals surface area (Å²) in [5.41, 5.74) is 9.49. The van der Waals surface area contributed by atoms with Gasteiger partial charge in [-0.3, -0.25) is 0 Å². The maximum absolute atomic E-state index is 6.94. The van der Waals surface area contributed by atoms with Crippen LogP contribution in [0.15, 0.2) is 52.1 Å². The van der Waals surface area contributed by atoms with Crippen molar-refractivity contribution in [1.29, 1.82) is 0 Å². The van der Waals surface area contributed by atoms with Crippen molar-refractivity contribution >= 4 is 41.2 Å². The summed E-state index contributed by atoms with van der Waals surface area (Å²) in [5.74, 6) is 0.137. The number of hydrogen-bond donors (Lipinski definition) is 0. The zero-order chi connectivity index (χ0) is 27.4. The molecule has 0 aromatic heterocycles. The molecule has 1 atom stereocenters. The zero-order valence-corrected chi connectivity index (χ0v) is 28.5. The molecule has 0 spiro atoms. The van der Waals surface area contributed by atoms with Crippen LogP contribution in [0.5, 0.6) is 0 Å². The van der Waals surface area contributed by atoms with Gasteiger partial charge in [-0.2, -0.15) is 0 Å². The second kappa shape index (κ2) is 10.1. The molecule has 0 saturated heterocycles. The zero-order valence-electron chi connectivity index (χ0n) is 24.4. The molecule has 196 valence electrons. The first-order valence-corrected chi connectivity index (χ1v) is 20.8. The molecule has 1 aliphatic carbocycles. The van der Waals surface area contributed by atoms with Crippen LogP contribution in [-0.2, 0) is 21.7 Å². The van der Waals surface area contributed by atoms with Crippen LogP contribution < -0.4 is 0 Å². The van der Waals surface area contributed by atoms with Crippen molar-refractivity contribution in [1.82, 2.24) is 0 Å². The van der Waals surface area contributed by atoms with E-state index in [9.17, 15) is 0 Å². The molecule has 1 aliphatic rings. The van der Waals surface area contributed by atoms with Crippen molar-refractivity contribution in [3.63, 3.8) is 0 Å². The summed E-state index contributed by atoms with van der Waals surface area (Å²) in [6.07, 6.45) is 4.62. The average molecular weight is 634 g/mol. The van der Waals surface area contributed by atoms with Crippen LogP contribution >= 0.6 is 17.7 Å². The topological polar surface area (TPSA) is 0 Å². The van der Waals surface area contributed by atoms with Gasteiger partial charge in [-0.15, -0.1) is 0 Å². The molecule has 0 N–H and O–H groups in total. The maximum atomic E-state index is 6.94. The molecular formula is C33H45Cl2Sb. The van der Waals surface area contributed by atoms with Crippen LogP contribution in [0.4, 0.5) is 0 Å². The van der Waals surface area contributed by atoms with E-state index in [-0.39, 0.29) is 27.6 Å². The van der Waals surface area contributed by atoms with Crippen LogP contribution in [0.1, 0.15) is 122 Å². The van der Waals surface area contributed by atoms with Crippen LogP contribution in [0, 0.1) is 0 Å². The number of hydrogen-bond acceptors (Lipinski definition) is 0. The van der Waals surface area contributed by atoms with Crippen molar-refractivity contribution in [3.05, 3.63) is 85.5 Å². The minimum atomic E-state index is -2.65. The molecule has 0 nitrogen and oxygen atoms in total. The Balaban J connectivity index is 2.27. The van der Waals surface area contributed by atoms with Gasteiger partial charge in [-0.05, 0) is 0 Å². The second-order valence-corrected chi connectivity index (χ2v) is 22.9. The van der Waals surface area contributed by atoms with Crippen molar-refractivity contribution < 1.29 is 0 Å². The Kier molecular flexibility index (Phi) is 8.41. The van der Waals surface area contributed by atoms with E-state index in [1.807, 2.05) is 0 Å². The molecule has 0 heterocycles. The van der Waals surface area contributed by atoms with Crippen LogP contribution in [0.2, 0.25) is 0 Å². The summed E-state index contributed by atoms with van der Waals surface area (Å²) >= 11 is -2.65. The number of rotatable bonds is 3. The van der Waals surface area contributed by atoms with E-state index in [4.69, 9.17) is 17.7 Å². The van der Waals surface area contributed by atoms with Gasteiger partial charge < -0.3 is 0 Å².